The molecule has 7 nitrogen and oxygen atoms in total. The Bertz CT molecular complexity index is 1630. The molecule has 1 amide bonds. The number of benzene rings is 3. The molecule has 10 heteroatoms. The number of aliphatic hydroxyl groups excluding tert-OH is 1. The molecule has 0 saturated carbocycles. The summed E-state index contributed by atoms with van der Waals surface area (Å²) in [6.07, 6.45) is -0.0694. The molecule has 2 N–H and O–H groups in total. The summed E-state index contributed by atoms with van der Waals surface area (Å²) in [5.41, 5.74) is 1.04. The highest BCUT2D eigenvalue weighted by Gasteiger charge is 2.48. The fraction of sp³-hybridized carbons (Fsp3) is 0.179. The van der Waals surface area contributed by atoms with Crippen LogP contribution in [0.25, 0.3) is 16.0 Å². The molecule has 0 aliphatic carbocycles. The number of ketones is 1. The predicted octanol–water partition coefficient (Wildman–Crippen LogP) is 6.00. The van der Waals surface area contributed by atoms with E-state index in [1.54, 1.807) is 25.1 Å². The molecule has 1 unspecified atom stereocenters. The topological polar surface area (TPSA) is 100.0 Å². The van der Waals surface area contributed by atoms with Crippen LogP contribution in [0.4, 0.5) is 13.9 Å². The maximum atomic E-state index is 14.4. The third-order valence-electron chi connectivity index (χ3n) is 6.07. The van der Waals surface area contributed by atoms with Gasteiger partial charge in [-0.3, -0.25) is 14.5 Å². The Kier molecular flexibility index (Phi) is 6.36. The number of carbonyl (C=O) groups is 2. The molecule has 4 aromatic rings. The number of aromatic nitrogens is 1. The number of carbonyl (C=O) groups excluding carboxylic acids is 2. The van der Waals surface area contributed by atoms with Crippen molar-refractivity contribution >= 4 is 44.1 Å². The third-order valence-corrected chi connectivity index (χ3v) is 7.07. The highest BCUT2D eigenvalue weighted by atomic mass is 32.1. The summed E-state index contributed by atoms with van der Waals surface area (Å²) in [5.74, 6) is -3.51. The normalized spacial score (nSPS) is 17.1. The van der Waals surface area contributed by atoms with Crippen LogP contribution in [-0.2, 0) is 9.59 Å². The minimum absolute atomic E-state index is 0.0411. The maximum Gasteiger partial charge on any atom is 0.301 e. The minimum Gasteiger partial charge on any atom is -0.508 e. The molecular formula is C28H22F2N2O5S. The first-order valence-electron chi connectivity index (χ1n) is 11.7. The van der Waals surface area contributed by atoms with E-state index < -0.39 is 35.1 Å². The number of hydrogen-bond donors (Lipinski definition) is 2. The zero-order valence-electron chi connectivity index (χ0n) is 20.5. The zero-order valence-corrected chi connectivity index (χ0v) is 21.3. The van der Waals surface area contributed by atoms with Crippen molar-refractivity contribution in [1.82, 2.24) is 4.98 Å². The summed E-state index contributed by atoms with van der Waals surface area (Å²) in [6, 6.07) is 11.3. The molecule has 2 heterocycles. The van der Waals surface area contributed by atoms with E-state index in [0.29, 0.717) is 22.9 Å². The number of fused-ring (bicyclic) bond motifs is 1. The number of phenolic OH excluding ortho intramolecular Hbond substituents is 1. The fourth-order valence-electron chi connectivity index (χ4n) is 4.39. The second-order valence-corrected chi connectivity index (χ2v) is 10.1. The van der Waals surface area contributed by atoms with E-state index >= 15 is 0 Å². The van der Waals surface area contributed by atoms with Crippen molar-refractivity contribution < 1.29 is 33.3 Å². The van der Waals surface area contributed by atoms with Crippen LogP contribution in [0.3, 0.4) is 0 Å². The van der Waals surface area contributed by atoms with Crippen molar-refractivity contribution in [3.63, 3.8) is 0 Å². The van der Waals surface area contributed by atoms with Crippen molar-refractivity contribution in [3.8, 4) is 11.5 Å². The van der Waals surface area contributed by atoms with Crippen molar-refractivity contribution in [2.75, 3.05) is 4.90 Å². The molecule has 194 valence electrons. The summed E-state index contributed by atoms with van der Waals surface area (Å²) in [7, 11) is 0. The standard InChI is InChI=1S/C28H22F2N2O5S/c1-13(2)37-20-9-6-16(10-14(20)3)25(34)22-24(15-4-7-18(33)8-5-15)32(27(36)26(22)35)28-31-23-19(30)11-17(29)12-21(23)38-28/h4-13,24,33-34H,1-3H3/b25-22+. The van der Waals surface area contributed by atoms with Gasteiger partial charge in [0.25, 0.3) is 5.78 Å². The Morgan fingerprint density at radius 3 is 2.45 bits per heavy atom. The van der Waals surface area contributed by atoms with Crippen LogP contribution >= 0.6 is 11.3 Å². The lowest BCUT2D eigenvalue weighted by Crippen LogP contribution is -2.29. The van der Waals surface area contributed by atoms with Gasteiger partial charge in [0, 0.05) is 11.6 Å². The zero-order chi connectivity index (χ0) is 27.3. The average Bonchev–Trinajstić information content (AvgIpc) is 3.39. The lowest BCUT2D eigenvalue weighted by molar-refractivity contribution is -0.132. The van der Waals surface area contributed by atoms with Gasteiger partial charge in [0.15, 0.2) is 10.9 Å². The molecule has 0 bridgehead atoms. The fourth-order valence-corrected chi connectivity index (χ4v) is 5.42. The van der Waals surface area contributed by atoms with Gasteiger partial charge in [-0.1, -0.05) is 23.5 Å². The molecule has 1 saturated heterocycles. The van der Waals surface area contributed by atoms with Crippen LogP contribution in [0, 0.1) is 18.6 Å². The van der Waals surface area contributed by atoms with E-state index in [1.165, 1.54) is 24.3 Å². The van der Waals surface area contributed by atoms with Gasteiger partial charge in [-0.05, 0) is 68.3 Å². The van der Waals surface area contributed by atoms with E-state index in [0.717, 1.165) is 22.3 Å². The minimum atomic E-state index is -1.14. The first-order valence-corrected chi connectivity index (χ1v) is 12.5. The monoisotopic (exact) mass is 536 g/mol. The summed E-state index contributed by atoms with van der Waals surface area (Å²) in [5, 5.41) is 21.1. The van der Waals surface area contributed by atoms with Gasteiger partial charge in [0.1, 0.15) is 28.6 Å². The summed E-state index contributed by atoms with van der Waals surface area (Å²) < 4.78 is 34.1. The Labute approximate surface area is 220 Å². The summed E-state index contributed by atoms with van der Waals surface area (Å²) in [4.78, 5) is 31.9. The molecule has 1 fully saturated rings. The Hall–Kier alpha value is -4.31. The number of Topliss-reactive ketones (excluding diaryl/α,β-unsaturated/α-hetero) is 1. The Balaban J connectivity index is 1.69. The molecule has 0 radical (unpaired) electrons. The van der Waals surface area contributed by atoms with Gasteiger partial charge in [-0.25, -0.2) is 13.8 Å². The molecule has 3 aromatic carbocycles. The maximum absolute atomic E-state index is 14.4. The van der Waals surface area contributed by atoms with Gasteiger partial charge in [0.2, 0.25) is 0 Å². The van der Waals surface area contributed by atoms with Crippen molar-refractivity contribution in [2.45, 2.75) is 32.9 Å². The lowest BCUT2D eigenvalue weighted by Gasteiger charge is -2.23. The SMILES string of the molecule is Cc1cc(/C(O)=C2\C(=O)C(=O)N(c3nc4c(F)cc(F)cc4s3)C2c2ccc(O)cc2)ccc1OC(C)C. The molecule has 1 aliphatic heterocycles. The second kappa shape index (κ2) is 9.53. The van der Waals surface area contributed by atoms with Crippen molar-refractivity contribution in [1.29, 1.82) is 0 Å². The van der Waals surface area contributed by atoms with Crippen LogP contribution in [0.1, 0.15) is 36.6 Å². The van der Waals surface area contributed by atoms with E-state index in [2.05, 4.69) is 4.98 Å². The number of phenols is 1. The first-order chi connectivity index (χ1) is 18.0. The highest BCUT2D eigenvalue weighted by Crippen LogP contribution is 2.45. The number of rotatable bonds is 5. The Morgan fingerprint density at radius 2 is 1.79 bits per heavy atom. The number of thiazole rings is 1. The van der Waals surface area contributed by atoms with E-state index in [-0.39, 0.29) is 38.3 Å². The van der Waals surface area contributed by atoms with Gasteiger partial charge >= 0.3 is 5.91 Å². The lowest BCUT2D eigenvalue weighted by atomic mass is 9.95. The molecular weight excluding hydrogens is 514 g/mol. The first kappa shape index (κ1) is 25.3. The van der Waals surface area contributed by atoms with Gasteiger partial charge < -0.3 is 14.9 Å². The molecule has 1 aliphatic rings. The summed E-state index contributed by atoms with van der Waals surface area (Å²) >= 11 is 0.841. The van der Waals surface area contributed by atoms with E-state index in [1.807, 2.05) is 13.8 Å². The van der Waals surface area contributed by atoms with Gasteiger partial charge in [-0.15, -0.1) is 0 Å². The van der Waals surface area contributed by atoms with Gasteiger partial charge in [-0.2, -0.15) is 0 Å². The van der Waals surface area contributed by atoms with E-state index in [4.69, 9.17) is 4.74 Å². The van der Waals surface area contributed by atoms with Crippen molar-refractivity contribution in [3.05, 3.63) is 88.5 Å². The highest BCUT2D eigenvalue weighted by molar-refractivity contribution is 7.22. The largest absolute Gasteiger partial charge is 0.508 e. The smallest absolute Gasteiger partial charge is 0.301 e. The van der Waals surface area contributed by atoms with Crippen LogP contribution in [0.2, 0.25) is 0 Å². The number of aromatic hydroxyl groups is 1. The van der Waals surface area contributed by atoms with Crippen LogP contribution in [-0.4, -0.2) is 33.0 Å². The molecule has 1 aromatic heterocycles. The van der Waals surface area contributed by atoms with Gasteiger partial charge in [0.05, 0.1) is 22.4 Å². The number of aliphatic hydroxyl groups is 1. The number of aryl methyl sites for hydroxylation is 1. The number of nitrogens with zero attached hydrogens (tertiary/aromatic N) is 2. The third kappa shape index (κ3) is 4.37. The number of amides is 1. The summed E-state index contributed by atoms with van der Waals surface area (Å²) in [6.45, 7) is 5.56. The van der Waals surface area contributed by atoms with Crippen LogP contribution in [0.15, 0.2) is 60.2 Å². The van der Waals surface area contributed by atoms with Crippen LogP contribution < -0.4 is 9.64 Å². The predicted molar refractivity (Wildman–Crippen MR) is 139 cm³/mol. The van der Waals surface area contributed by atoms with Crippen molar-refractivity contribution in [2.24, 2.45) is 0 Å². The molecule has 38 heavy (non-hydrogen) atoms. The average molecular weight is 537 g/mol. The molecule has 0 spiro atoms. The Morgan fingerprint density at radius 1 is 1.08 bits per heavy atom. The number of anilines is 1. The van der Waals surface area contributed by atoms with E-state index in [9.17, 15) is 28.6 Å². The molecule has 1 atom stereocenters. The quantitative estimate of drug-likeness (QED) is 0.184. The molecule has 5 rings (SSSR count). The number of ether oxygens (including phenoxy) is 1. The number of hydrogen-bond acceptors (Lipinski definition) is 7. The number of halogens is 2. The second-order valence-electron chi connectivity index (χ2n) is 9.14. The van der Waals surface area contributed by atoms with Crippen LogP contribution in [0.5, 0.6) is 11.5 Å².